The summed E-state index contributed by atoms with van der Waals surface area (Å²) in [6, 6.07) is 10.4. The van der Waals surface area contributed by atoms with Gasteiger partial charge < -0.3 is 14.8 Å². The minimum absolute atomic E-state index is 0.108. The van der Waals surface area contributed by atoms with Gasteiger partial charge in [0.25, 0.3) is 0 Å². The summed E-state index contributed by atoms with van der Waals surface area (Å²) in [6.07, 6.45) is 2.99. The van der Waals surface area contributed by atoms with E-state index in [4.69, 9.17) is 44.9 Å². The minimum atomic E-state index is -0.393. The largest absolute Gasteiger partial charge is 0.493 e. The lowest BCUT2D eigenvalue weighted by Crippen LogP contribution is -2.32. The van der Waals surface area contributed by atoms with Crippen LogP contribution in [0.3, 0.4) is 0 Å². The molecule has 0 aliphatic rings. The van der Waals surface area contributed by atoms with Crippen molar-refractivity contribution in [2.45, 2.75) is 0 Å². The molecule has 0 aromatic heterocycles. The molecule has 0 aliphatic heterocycles. The van der Waals surface area contributed by atoms with Crippen LogP contribution in [0, 0.1) is 0 Å². The first-order chi connectivity index (χ1) is 12.4. The highest BCUT2D eigenvalue weighted by atomic mass is 35.5. The second-order valence-electron chi connectivity index (χ2n) is 4.99. The van der Waals surface area contributed by atoms with E-state index in [0.717, 1.165) is 5.56 Å². The first-order valence-corrected chi connectivity index (χ1v) is 8.57. The van der Waals surface area contributed by atoms with Crippen molar-refractivity contribution < 1.29 is 14.3 Å². The Morgan fingerprint density at radius 2 is 1.85 bits per heavy atom. The first kappa shape index (κ1) is 20.0. The standard InChI is InChI=1S/C18H16Cl2N2O3S/c1-24-14-8-6-11(10-15(14)25-2)7-9-16(23)22-18(26)21-13-5-3-4-12(19)17(13)20/h3-10H,1-2H3,(H2,21,22,23,26)/b9-7+. The molecule has 1 amide bonds. The smallest absolute Gasteiger partial charge is 0.250 e. The number of benzene rings is 2. The van der Waals surface area contributed by atoms with Crippen LogP contribution in [-0.2, 0) is 4.79 Å². The molecule has 2 aromatic carbocycles. The van der Waals surface area contributed by atoms with Gasteiger partial charge in [-0.2, -0.15) is 0 Å². The summed E-state index contributed by atoms with van der Waals surface area (Å²) in [5, 5.41) is 6.18. The topological polar surface area (TPSA) is 59.6 Å². The molecule has 136 valence electrons. The highest BCUT2D eigenvalue weighted by Gasteiger charge is 2.08. The van der Waals surface area contributed by atoms with Crippen molar-refractivity contribution in [2.75, 3.05) is 19.5 Å². The Kier molecular flexibility index (Phi) is 7.26. The van der Waals surface area contributed by atoms with E-state index in [-0.39, 0.29) is 5.11 Å². The van der Waals surface area contributed by atoms with Gasteiger partial charge in [-0.15, -0.1) is 0 Å². The van der Waals surface area contributed by atoms with E-state index in [0.29, 0.717) is 27.2 Å². The molecule has 2 N–H and O–H groups in total. The Balaban J connectivity index is 1.98. The normalized spacial score (nSPS) is 10.5. The minimum Gasteiger partial charge on any atom is -0.493 e. The van der Waals surface area contributed by atoms with E-state index in [1.54, 1.807) is 56.7 Å². The fourth-order valence-corrected chi connectivity index (χ4v) is 2.59. The Morgan fingerprint density at radius 1 is 1.12 bits per heavy atom. The maximum Gasteiger partial charge on any atom is 0.250 e. The number of nitrogens with one attached hydrogen (secondary N) is 2. The predicted octanol–water partition coefficient (Wildman–Crippen LogP) is 4.54. The van der Waals surface area contributed by atoms with Crippen molar-refractivity contribution in [1.82, 2.24) is 5.32 Å². The van der Waals surface area contributed by atoms with Crippen LogP contribution in [0.2, 0.25) is 10.0 Å². The average molecular weight is 411 g/mol. The van der Waals surface area contributed by atoms with Gasteiger partial charge in [-0.25, -0.2) is 0 Å². The van der Waals surface area contributed by atoms with Crippen LogP contribution in [0.15, 0.2) is 42.5 Å². The van der Waals surface area contributed by atoms with Crippen LogP contribution in [0.4, 0.5) is 5.69 Å². The van der Waals surface area contributed by atoms with E-state index in [2.05, 4.69) is 10.6 Å². The van der Waals surface area contributed by atoms with Crippen LogP contribution >= 0.6 is 35.4 Å². The predicted molar refractivity (Wildman–Crippen MR) is 109 cm³/mol. The molecule has 0 aliphatic carbocycles. The molecule has 2 aromatic rings. The number of amides is 1. The molecule has 0 heterocycles. The van der Waals surface area contributed by atoms with Crippen LogP contribution in [0.25, 0.3) is 6.08 Å². The summed E-state index contributed by atoms with van der Waals surface area (Å²) < 4.78 is 10.4. The van der Waals surface area contributed by atoms with E-state index < -0.39 is 5.91 Å². The number of halogens is 2. The number of hydrogen-bond donors (Lipinski definition) is 2. The van der Waals surface area contributed by atoms with E-state index in [9.17, 15) is 4.79 Å². The fraction of sp³-hybridized carbons (Fsp3) is 0.111. The first-order valence-electron chi connectivity index (χ1n) is 7.40. The van der Waals surface area contributed by atoms with Crippen molar-refractivity contribution in [2.24, 2.45) is 0 Å². The molecule has 2 rings (SSSR count). The summed E-state index contributed by atoms with van der Waals surface area (Å²) in [7, 11) is 3.10. The zero-order valence-corrected chi connectivity index (χ0v) is 16.3. The maximum absolute atomic E-state index is 12.0. The van der Waals surface area contributed by atoms with Crippen molar-refractivity contribution in [3.05, 3.63) is 58.1 Å². The van der Waals surface area contributed by atoms with Gasteiger partial charge in [-0.3, -0.25) is 10.1 Å². The van der Waals surface area contributed by atoms with Crippen molar-refractivity contribution in [1.29, 1.82) is 0 Å². The van der Waals surface area contributed by atoms with E-state index in [1.807, 2.05) is 0 Å². The number of ether oxygens (including phenoxy) is 2. The summed E-state index contributed by atoms with van der Waals surface area (Å²) in [5.41, 5.74) is 1.28. The lowest BCUT2D eigenvalue weighted by Gasteiger charge is -2.10. The number of carbonyl (C=O) groups is 1. The number of anilines is 1. The summed E-state index contributed by atoms with van der Waals surface area (Å²) in [6.45, 7) is 0. The van der Waals surface area contributed by atoms with Gasteiger partial charge >= 0.3 is 0 Å². The third-order valence-corrected chi connectivity index (χ3v) is 4.29. The van der Waals surface area contributed by atoms with Gasteiger partial charge in [0, 0.05) is 6.08 Å². The molecule has 0 bridgehead atoms. The zero-order chi connectivity index (χ0) is 19.1. The van der Waals surface area contributed by atoms with Crippen molar-refractivity contribution in [3.8, 4) is 11.5 Å². The molecule has 8 heteroatoms. The second-order valence-corrected chi connectivity index (χ2v) is 6.19. The highest BCUT2D eigenvalue weighted by Crippen LogP contribution is 2.29. The monoisotopic (exact) mass is 410 g/mol. The molecule has 0 atom stereocenters. The fourth-order valence-electron chi connectivity index (χ4n) is 2.04. The van der Waals surface area contributed by atoms with Crippen LogP contribution in [0.1, 0.15) is 5.56 Å². The molecule has 0 saturated carbocycles. The Hall–Kier alpha value is -2.28. The molecule has 5 nitrogen and oxygen atoms in total. The van der Waals surface area contributed by atoms with Gasteiger partial charge in [0.1, 0.15) is 0 Å². The Labute approximate surface area is 166 Å². The second kappa shape index (κ2) is 9.43. The van der Waals surface area contributed by atoms with Crippen LogP contribution in [-0.4, -0.2) is 25.2 Å². The van der Waals surface area contributed by atoms with Gasteiger partial charge in [0.2, 0.25) is 5.91 Å². The van der Waals surface area contributed by atoms with E-state index >= 15 is 0 Å². The molecule has 0 spiro atoms. The van der Waals surface area contributed by atoms with Crippen LogP contribution in [0.5, 0.6) is 11.5 Å². The molecular weight excluding hydrogens is 395 g/mol. The van der Waals surface area contributed by atoms with Crippen molar-refractivity contribution in [3.63, 3.8) is 0 Å². The Bertz CT molecular complexity index is 856. The SMILES string of the molecule is COc1ccc(/C=C/C(=O)NC(=S)Nc2cccc(Cl)c2Cl)cc1OC. The number of rotatable bonds is 5. The lowest BCUT2D eigenvalue weighted by molar-refractivity contribution is -0.115. The van der Waals surface area contributed by atoms with Gasteiger partial charge in [-0.05, 0) is 48.1 Å². The molecule has 0 fully saturated rings. The van der Waals surface area contributed by atoms with E-state index in [1.165, 1.54) is 6.08 Å². The number of carbonyl (C=O) groups excluding carboxylic acids is 1. The molecule has 0 radical (unpaired) electrons. The number of methoxy groups -OCH3 is 2. The number of hydrogen-bond acceptors (Lipinski definition) is 4. The summed E-state index contributed by atoms with van der Waals surface area (Å²) >= 11 is 17.1. The van der Waals surface area contributed by atoms with Gasteiger partial charge in [-0.1, -0.05) is 35.3 Å². The molecule has 26 heavy (non-hydrogen) atoms. The van der Waals surface area contributed by atoms with Crippen LogP contribution < -0.4 is 20.1 Å². The van der Waals surface area contributed by atoms with Gasteiger partial charge in [0.05, 0.1) is 30.0 Å². The molecule has 0 saturated heterocycles. The third-order valence-electron chi connectivity index (χ3n) is 3.27. The zero-order valence-electron chi connectivity index (χ0n) is 14.0. The maximum atomic E-state index is 12.0. The van der Waals surface area contributed by atoms with Crippen molar-refractivity contribution >= 4 is 58.2 Å². The lowest BCUT2D eigenvalue weighted by atomic mass is 10.2. The molecule has 0 unspecified atom stereocenters. The Morgan fingerprint density at radius 3 is 2.54 bits per heavy atom. The highest BCUT2D eigenvalue weighted by molar-refractivity contribution is 7.80. The van der Waals surface area contributed by atoms with Gasteiger partial charge in [0.15, 0.2) is 16.6 Å². The molecular formula is C18H16Cl2N2O3S. The summed E-state index contributed by atoms with van der Waals surface area (Å²) in [4.78, 5) is 12.0. The quantitative estimate of drug-likeness (QED) is 0.559. The average Bonchev–Trinajstić information content (AvgIpc) is 2.63. The number of thiocarbonyl (C=S) groups is 1. The third kappa shape index (κ3) is 5.36. The summed E-state index contributed by atoms with van der Waals surface area (Å²) in [5.74, 6) is 0.788.